The van der Waals surface area contributed by atoms with Crippen LogP contribution < -0.4 is 5.32 Å². The summed E-state index contributed by atoms with van der Waals surface area (Å²) >= 11 is 1.71. The van der Waals surface area contributed by atoms with Crippen LogP contribution in [0, 0.1) is 12.7 Å². The van der Waals surface area contributed by atoms with Crippen LogP contribution in [0.2, 0.25) is 0 Å². The average Bonchev–Trinajstić information content (AvgIpc) is 2.66. The summed E-state index contributed by atoms with van der Waals surface area (Å²) < 4.78 is 13.6. The van der Waals surface area contributed by atoms with E-state index < -0.39 is 0 Å². The zero-order chi connectivity index (χ0) is 18.4. The van der Waals surface area contributed by atoms with Crippen molar-refractivity contribution in [3.8, 4) is 0 Å². The molecule has 6 heteroatoms. The molecule has 1 aliphatic heterocycles. The fraction of sp³-hybridized carbons (Fsp3) is 0.400. The molecule has 1 amide bonds. The quantitative estimate of drug-likeness (QED) is 0.764. The molecular formula is C20H24FN3OS. The van der Waals surface area contributed by atoms with E-state index in [1.54, 1.807) is 43.1 Å². The number of carbonyl (C=O) groups excluding carboxylic acids is 1. The molecular weight excluding hydrogens is 349 g/mol. The molecule has 0 spiro atoms. The summed E-state index contributed by atoms with van der Waals surface area (Å²) in [6.45, 7) is 5.17. The topological polar surface area (TPSA) is 45.2 Å². The van der Waals surface area contributed by atoms with E-state index in [1.165, 1.54) is 38.4 Å². The van der Waals surface area contributed by atoms with Crippen molar-refractivity contribution in [1.82, 2.24) is 9.88 Å². The third kappa shape index (κ3) is 5.29. The first-order chi connectivity index (χ1) is 12.6. The number of nitrogens with zero attached hydrogens (tertiary/aromatic N) is 2. The number of hydrogen-bond acceptors (Lipinski definition) is 4. The standard InChI is InChI=1S/C20H24FN3OS/c1-15-5-7-17(13-18(15)21)23-20(25)16-6-8-19(22-14-16)26-12-11-24-9-3-2-4-10-24/h5-8,13-14H,2-4,9-12H2,1H3,(H,23,25). The van der Waals surface area contributed by atoms with Gasteiger partial charge in [0.15, 0.2) is 0 Å². The van der Waals surface area contributed by atoms with Gasteiger partial charge >= 0.3 is 0 Å². The molecule has 0 radical (unpaired) electrons. The molecule has 138 valence electrons. The highest BCUT2D eigenvalue weighted by molar-refractivity contribution is 7.99. The predicted molar refractivity (Wildman–Crippen MR) is 104 cm³/mol. The van der Waals surface area contributed by atoms with Gasteiger partial charge in [-0.2, -0.15) is 0 Å². The smallest absolute Gasteiger partial charge is 0.257 e. The summed E-state index contributed by atoms with van der Waals surface area (Å²) in [6, 6.07) is 8.28. The fourth-order valence-electron chi connectivity index (χ4n) is 2.94. The minimum atomic E-state index is -0.332. The largest absolute Gasteiger partial charge is 0.322 e. The van der Waals surface area contributed by atoms with E-state index in [4.69, 9.17) is 0 Å². The average molecular weight is 373 g/mol. The lowest BCUT2D eigenvalue weighted by Crippen LogP contribution is -2.31. The second-order valence-corrected chi connectivity index (χ2v) is 7.67. The number of thioether (sulfide) groups is 1. The van der Waals surface area contributed by atoms with Crippen LogP contribution >= 0.6 is 11.8 Å². The third-order valence-corrected chi connectivity index (χ3v) is 5.46. The zero-order valence-electron chi connectivity index (χ0n) is 15.0. The highest BCUT2D eigenvalue weighted by atomic mass is 32.2. The van der Waals surface area contributed by atoms with Gasteiger partial charge in [-0.3, -0.25) is 4.79 Å². The van der Waals surface area contributed by atoms with Crippen molar-refractivity contribution < 1.29 is 9.18 Å². The summed E-state index contributed by atoms with van der Waals surface area (Å²) in [7, 11) is 0. The first-order valence-corrected chi connectivity index (χ1v) is 9.99. The minimum absolute atomic E-state index is 0.286. The molecule has 1 fully saturated rings. The first kappa shape index (κ1) is 18.9. The van der Waals surface area contributed by atoms with Gasteiger partial charge < -0.3 is 10.2 Å². The Morgan fingerprint density at radius 3 is 2.73 bits per heavy atom. The van der Waals surface area contributed by atoms with Gasteiger partial charge in [-0.05, 0) is 62.7 Å². The summed E-state index contributed by atoms with van der Waals surface area (Å²) in [6.07, 6.45) is 5.53. The molecule has 3 rings (SSSR count). The molecule has 1 aromatic heterocycles. The maximum absolute atomic E-state index is 13.6. The Labute approximate surface area is 158 Å². The number of amides is 1. The van der Waals surface area contributed by atoms with Crippen LogP contribution in [0.25, 0.3) is 0 Å². The number of anilines is 1. The molecule has 26 heavy (non-hydrogen) atoms. The maximum Gasteiger partial charge on any atom is 0.257 e. The lowest BCUT2D eigenvalue weighted by atomic mass is 10.1. The zero-order valence-corrected chi connectivity index (χ0v) is 15.8. The Morgan fingerprint density at radius 1 is 1.23 bits per heavy atom. The molecule has 0 bridgehead atoms. The van der Waals surface area contributed by atoms with Crippen molar-refractivity contribution >= 4 is 23.4 Å². The van der Waals surface area contributed by atoms with Crippen molar-refractivity contribution in [2.45, 2.75) is 31.2 Å². The molecule has 0 saturated carbocycles. The lowest BCUT2D eigenvalue weighted by molar-refractivity contribution is 0.102. The number of piperidine rings is 1. The Morgan fingerprint density at radius 2 is 2.04 bits per heavy atom. The molecule has 1 aromatic carbocycles. The van der Waals surface area contributed by atoms with E-state index in [9.17, 15) is 9.18 Å². The van der Waals surface area contributed by atoms with Crippen molar-refractivity contribution in [1.29, 1.82) is 0 Å². The molecule has 0 unspecified atom stereocenters. The molecule has 2 heterocycles. The Bertz CT molecular complexity index is 745. The molecule has 4 nitrogen and oxygen atoms in total. The lowest BCUT2D eigenvalue weighted by Gasteiger charge is -2.25. The van der Waals surface area contributed by atoms with Crippen LogP contribution in [-0.2, 0) is 0 Å². The van der Waals surface area contributed by atoms with Gasteiger partial charge in [0.1, 0.15) is 5.82 Å². The van der Waals surface area contributed by atoms with Crippen LogP contribution in [0.5, 0.6) is 0 Å². The number of likely N-dealkylation sites (tertiary alicyclic amines) is 1. The van der Waals surface area contributed by atoms with Crippen LogP contribution in [-0.4, -0.2) is 41.2 Å². The van der Waals surface area contributed by atoms with Gasteiger partial charge in [0, 0.05) is 24.2 Å². The first-order valence-electron chi connectivity index (χ1n) is 9.00. The second kappa shape index (κ2) is 9.14. The Kier molecular flexibility index (Phi) is 6.63. The van der Waals surface area contributed by atoms with E-state index in [1.807, 2.05) is 6.07 Å². The number of aromatic nitrogens is 1. The highest BCUT2D eigenvalue weighted by Crippen LogP contribution is 2.18. The molecule has 2 aromatic rings. The van der Waals surface area contributed by atoms with Crippen LogP contribution in [0.4, 0.5) is 10.1 Å². The van der Waals surface area contributed by atoms with Crippen LogP contribution in [0.15, 0.2) is 41.6 Å². The van der Waals surface area contributed by atoms with Crippen molar-refractivity contribution in [2.75, 3.05) is 30.7 Å². The summed E-state index contributed by atoms with van der Waals surface area (Å²) in [5, 5.41) is 3.62. The van der Waals surface area contributed by atoms with Crippen molar-refractivity contribution in [2.24, 2.45) is 0 Å². The van der Waals surface area contributed by atoms with Gasteiger partial charge in [0.25, 0.3) is 5.91 Å². The van der Waals surface area contributed by atoms with Crippen LogP contribution in [0.1, 0.15) is 35.2 Å². The van der Waals surface area contributed by atoms with E-state index in [2.05, 4.69) is 15.2 Å². The minimum Gasteiger partial charge on any atom is -0.322 e. The van der Waals surface area contributed by atoms with E-state index >= 15 is 0 Å². The van der Waals surface area contributed by atoms with Gasteiger partial charge in [-0.15, -0.1) is 11.8 Å². The van der Waals surface area contributed by atoms with E-state index in [-0.39, 0.29) is 11.7 Å². The maximum atomic E-state index is 13.6. The van der Waals surface area contributed by atoms with E-state index in [0.717, 1.165) is 17.3 Å². The molecule has 1 saturated heterocycles. The predicted octanol–water partition coefficient (Wildman–Crippen LogP) is 4.36. The summed E-state index contributed by atoms with van der Waals surface area (Å²) in [5.74, 6) is 0.383. The van der Waals surface area contributed by atoms with Gasteiger partial charge in [0.2, 0.25) is 0 Å². The summed E-state index contributed by atoms with van der Waals surface area (Å²) in [4.78, 5) is 19.1. The molecule has 1 N–H and O–H groups in total. The molecule has 1 aliphatic rings. The number of rotatable bonds is 6. The Balaban J connectivity index is 1.49. The van der Waals surface area contributed by atoms with Crippen molar-refractivity contribution in [3.05, 3.63) is 53.5 Å². The van der Waals surface area contributed by atoms with Crippen LogP contribution in [0.3, 0.4) is 0 Å². The monoisotopic (exact) mass is 373 g/mol. The molecule has 0 aliphatic carbocycles. The number of halogens is 1. The fourth-order valence-corrected chi connectivity index (χ4v) is 3.79. The van der Waals surface area contributed by atoms with Gasteiger partial charge in [0.05, 0.1) is 10.6 Å². The SMILES string of the molecule is Cc1ccc(NC(=O)c2ccc(SCCN3CCCCC3)nc2)cc1F. The van der Waals surface area contributed by atoms with Gasteiger partial charge in [-0.25, -0.2) is 9.37 Å². The number of nitrogens with one attached hydrogen (secondary N) is 1. The number of pyridine rings is 1. The number of hydrogen-bond donors (Lipinski definition) is 1. The van der Waals surface area contributed by atoms with Gasteiger partial charge in [-0.1, -0.05) is 12.5 Å². The highest BCUT2D eigenvalue weighted by Gasteiger charge is 2.11. The second-order valence-electron chi connectivity index (χ2n) is 6.55. The summed E-state index contributed by atoms with van der Waals surface area (Å²) in [5.41, 5.74) is 1.46. The number of carbonyl (C=O) groups is 1. The molecule has 0 atom stereocenters. The van der Waals surface area contributed by atoms with Crippen molar-refractivity contribution in [3.63, 3.8) is 0 Å². The number of aryl methyl sites for hydroxylation is 1. The number of benzene rings is 1. The third-order valence-electron chi connectivity index (χ3n) is 4.53. The normalized spacial score (nSPS) is 15.0. The Hall–Kier alpha value is -1.92. The van der Waals surface area contributed by atoms with E-state index in [0.29, 0.717) is 16.8 Å².